The first-order valence-electron chi connectivity index (χ1n) is 3.94. The van der Waals surface area contributed by atoms with E-state index in [2.05, 4.69) is 0 Å². The van der Waals surface area contributed by atoms with E-state index in [-0.39, 0.29) is 12.4 Å². The van der Waals surface area contributed by atoms with E-state index in [1.165, 1.54) is 0 Å². The lowest BCUT2D eigenvalue weighted by Gasteiger charge is -2.07. The van der Waals surface area contributed by atoms with Crippen LogP contribution in [-0.4, -0.2) is 18.2 Å². The van der Waals surface area contributed by atoms with E-state index in [4.69, 9.17) is 9.84 Å². The molecule has 1 rings (SSSR count). The molecule has 4 heteroatoms. The fourth-order valence-electron chi connectivity index (χ4n) is 1.38. The van der Waals surface area contributed by atoms with Gasteiger partial charge in [-0.3, -0.25) is 0 Å². The first-order chi connectivity index (χ1) is 6.06. The molecule has 0 saturated heterocycles. The van der Waals surface area contributed by atoms with Crippen LogP contribution in [0.2, 0.25) is 0 Å². The fourth-order valence-corrected chi connectivity index (χ4v) is 1.38. The summed E-state index contributed by atoms with van der Waals surface area (Å²) in [5, 5.41) is 8.87. The Balaban J connectivity index is 0.00000169. The normalized spacial score (nSPS) is 9.07. The molecule has 14 heavy (non-hydrogen) atoms. The summed E-state index contributed by atoms with van der Waals surface area (Å²) >= 11 is 0. The van der Waals surface area contributed by atoms with E-state index in [1.807, 2.05) is 0 Å². The second kappa shape index (κ2) is 4.86. The second-order valence-corrected chi connectivity index (χ2v) is 2.94. The maximum Gasteiger partial charge on any atom is 0.336 e. The van der Waals surface area contributed by atoms with Crippen molar-refractivity contribution < 1.29 is 14.6 Å². The third-order valence-electron chi connectivity index (χ3n) is 1.96. The number of benzene rings is 1. The fraction of sp³-hybridized carbons (Fsp3) is 0.300. The van der Waals surface area contributed by atoms with Crippen LogP contribution in [-0.2, 0) is 0 Å². The maximum atomic E-state index is 10.8. The van der Waals surface area contributed by atoms with E-state index in [1.54, 1.807) is 33.1 Å². The van der Waals surface area contributed by atoms with E-state index in [0.29, 0.717) is 11.3 Å². The highest BCUT2D eigenvalue weighted by Gasteiger charge is 2.11. The molecule has 0 aliphatic heterocycles. The van der Waals surface area contributed by atoms with E-state index in [0.717, 1.165) is 11.1 Å². The van der Waals surface area contributed by atoms with Gasteiger partial charge in [0.05, 0.1) is 12.7 Å². The zero-order valence-corrected chi connectivity index (χ0v) is 9.14. The molecule has 0 saturated carbocycles. The van der Waals surface area contributed by atoms with Crippen LogP contribution in [0, 0.1) is 13.8 Å². The maximum absolute atomic E-state index is 10.8. The number of rotatable bonds is 2. The summed E-state index contributed by atoms with van der Waals surface area (Å²) in [7, 11) is 1.56. The van der Waals surface area contributed by atoms with Crippen molar-refractivity contribution in [1.29, 1.82) is 0 Å². The van der Waals surface area contributed by atoms with Gasteiger partial charge in [-0.1, -0.05) is 0 Å². The molecule has 0 radical (unpaired) electrons. The highest BCUT2D eigenvalue weighted by atomic mass is 35.5. The van der Waals surface area contributed by atoms with Crippen LogP contribution in [0.15, 0.2) is 12.1 Å². The van der Waals surface area contributed by atoms with Crippen molar-refractivity contribution in [3.05, 3.63) is 28.8 Å². The molecule has 0 aliphatic carbocycles. The molecule has 0 aromatic heterocycles. The number of carbonyl (C=O) groups is 1. The molecule has 0 atom stereocenters. The van der Waals surface area contributed by atoms with Crippen LogP contribution in [0.4, 0.5) is 0 Å². The van der Waals surface area contributed by atoms with Crippen LogP contribution in [0.3, 0.4) is 0 Å². The van der Waals surface area contributed by atoms with Gasteiger partial charge in [0.25, 0.3) is 0 Å². The van der Waals surface area contributed by atoms with Crippen molar-refractivity contribution in [3.63, 3.8) is 0 Å². The number of aryl methyl sites for hydroxylation is 2. The van der Waals surface area contributed by atoms with Crippen LogP contribution in [0.1, 0.15) is 21.5 Å². The molecular formula is C10H13ClO3. The number of aromatic carboxylic acids is 1. The molecule has 0 unspecified atom stereocenters. The number of hydrogen-bond donors (Lipinski definition) is 1. The van der Waals surface area contributed by atoms with Gasteiger partial charge in [-0.05, 0) is 37.1 Å². The van der Waals surface area contributed by atoms with Crippen molar-refractivity contribution >= 4 is 18.4 Å². The molecule has 1 aromatic rings. The Kier molecular flexibility index (Phi) is 4.44. The monoisotopic (exact) mass is 216 g/mol. The summed E-state index contributed by atoms with van der Waals surface area (Å²) in [4.78, 5) is 10.8. The average Bonchev–Trinajstić information content (AvgIpc) is 2.02. The molecule has 0 bridgehead atoms. The largest absolute Gasteiger partial charge is 0.497 e. The van der Waals surface area contributed by atoms with Crippen molar-refractivity contribution in [1.82, 2.24) is 0 Å². The third kappa shape index (κ3) is 2.39. The summed E-state index contributed by atoms with van der Waals surface area (Å²) in [6, 6.07) is 3.44. The predicted molar refractivity (Wildman–Crippen MR) is 56.7 cm³/mol. The minimum Gasteiger partial charge on any atom is -0.497 e. The van der Waals surface area contributed by atoms with Gasteiger partial charge in [0.15, 0.2) is 0 Å². The van der Waals surface area contributed by atoms with Gasteiger partial charge >= 0.3 is 5.97 Å². The number of ether oxygens (including phenoxy) is 1. The summed E-state index contributed by atoms with van der Waals surface area (Å²) in [5.41, 5.74) is 1.81. The first-order valence-corrected chi connectivity index (χ1v) is 3.94. The van der Waals surface area contributed by atoms with Gasteiger partial charge in [-0.15, -0.1) is 12.4 Å². The number of hydrogen-bond acceptors (Lipinski definition) is 2. The smallest absolute Gasteiger partial charge is 0.336 e. The van der Waals surface area contributed by atoms with Gasteiger partial charge < -0.3 is 9.84 Å². The Morgan fingerprint density at radius 1 is 1.29 bits per heavy atom. The third-order valence-corrected chi connectivity index (χ3v) is 1.96. The van der Waals surface area contributed by atoms with E-state index >= 15 is 0 Å². The van der Waals surface area contributed by atoms with Gasteiger partial charge in [0.2, 0.25) is 0 Å². The van der Waals surface area contributed by atoms with E-state index in [9.17, 15) is 4.79 Å². The lowest BCUT2D eigenvalue weighted by atomic mass is 10.0. The molecule has 0 aliphatic rings. The lowest BCUT2D eigenvalue weighted by Crippen LogP contribution is -2.03. The Morgan fingerprint density at radius 2 is 1.71 bits per heavy atom. The summed E-state index contributed by atoms with van der Waals surface area (Å²) in [6.07, 6.45) is 0. The lowest BCUT2D eigenvalue weighted by molar-refractivity contribution is 0.0695. The molecule has 1 N–H and O–H groups in total. The van der Waals surface area contributed by atoms with Gasteiger partial charge in [-0.25, -0.2) is 4.79 Å². The summed E-state index contributed by atoms with van der Waals surface area (Å²) in [5.74, 6) is -0.197. The molecule has 0 fully saturated rings. The molecule has 0 heterocycles. The van der Waals surface area contributed by atoms with Crippen molar-refractivity contribution in [2.24, 2.45) is 0 Å². The molecule has 3 nitrogen and oxygen atoms in total. The quantitative estimate of drug-likeness (QED) is 0.826. The minimum atomic E-state index is -0.891. The van der Waals surface area contributed by atoms with Crippen molar-refractivity contribution in [2.75, 3.05) is 7.11 Å². The Morgan fingerprint density at radius 3 is 2.00 bits per heavy atom. The highest BCUT2D eigenvalue weighted by molar-refractivity contribution is 5.91. The zero-order chi connectivity index (χ0) is 10.0. The number of halogens is 1. The SMILES string of the molecule is COc1cc(C)c(C(=O)O)c(C)c1.Cl. The standard InChI is InChI=1S/C10H12O3.ClH/c1-6-4-8(13-3)5-7(2)9(6)10(11)12;/h4-5H,1-3H3,(H,11,12);1H. The zero-order valence-electron chi connectivity index (χ0n) is 8.33. The number of methoxy groups -OCH3 is 1. The molecule has 0 amide bonds. The number of carboxylic acids is 1. The Labute approximate surface area is 89.1 Å². The van der Waals surface area contributed by atoms with Crippen molar-refractivity contribution in [2.45, 2.75) is 13.8 Å². The second-order valence-electron chi connectivity index (χ2n) is 2.94. The molecule has 78 valence electrons. The van der Waals surface area contributed by atoms with Crippen LogP contribution < -0.4 is 4.74 Å². The van der Waals surface area contributed by atoms with Gasteiger partial charge in [0, 0.05) is 0 Å². The minimum absolute atomic E-state index is 0. The van der Waals surface area contributed by atoms with Crippen LogP contribution >= 0.6 is 12.4 Å². The van der Waals surface area contributed by atoms with Gasteiger partial charge in [0.1, 0.15) is 5.75 Å². The first kappa shape index (κ1) is 12.8. The van der Waals surface area contributed by atoms with E-state index < -0.39 is 5.97 Å². The summed E-state index contributed by atoms with van der Waals surface area (Å²) < 4.78 is 5.02. The summed E-state index contributed by atoms with van der Waals surface area (Å²) in [6.45, 7) is 3.53. The predicted octanol–water partition coefficient (Wildman–Crippen LogP) is 2.43. The average molecular weight is 217 g/mol. The topological polar surface area (TPSA) is 46.5 Å². The van der Waals surface area contributed by atoms with Crippen molar-refractivity contribution in [3.8, 4) is 5.75 Å². The Bertz CT molecular complexity index is 324. The van der Waals surface area contributed by atoms with Crippen LogP contribution in [0.5, 0.6) is 5.75 Å². The molecular weight excluding hydrogens is 204 g/mol. The molecule has 0 spiro atoms. The van der Waals surface area contributed by atoms with Crippen LogP contribution in [0.25, 0.3) is 0 Å². The Hall–Kier alpha value is -1.22. The van der Waals surface area contributed by atoms with Gasteiger partial charge in [-0.2, -0.15) is 0 Å². The number of carboxylic acid groups (broad SMARTS) is 1. The highest BCUT2D eigenvalue weighted by Crippen LogP contribution is 2.21. The molecule has 1 aromatic carbocycles.